The van der Waals surface area contributed by atoms with Crippen molar-refractivity contribution < 1.29 is 4.42 Å². The number of aryl methyl sites for hydroxylation is 1. The van der Waals surface area contributed by atoms with E-state index in [1.807, 2.05) is 61.5 Å². The molecule has 4 aromatic carbocycles. The Kier molecular flexibility index (Phi) is 4.32. The number of para-hydroxylation sites is 2. The fourth-order valence-corrected chi connectivity index (χ4v) is 4.23. The van der Waals surface area contributed by atoms with E-state index in [0.29, 0.717) is 0 Å². The normalized spacial score (nSPS) is 11.3. The molecule has 0 atom stereocenters. The van der Waals surface area contributed by atoms with E-state index in [2.05, 4.69) is 53.5 Å². The van der Waals surface area contributed by atoms with Crippen LogP contribution in [-0.2, 0) is 0 Å². The molecule has 0 amide bonds. The summed E-state index contributed by atoms with van der Waals surface area (Å²) in [6.45, 7) is 2.01. The predicted molar refractivity (Wildman–Crippen MR) is 130 cm³/mol. The van der Waals surface area contributed by atoms with Gasteiger partial charge in [0.1, 0.15) is 11.2 Å². The van der Waals surface area contributed by atoms with Crippen LogP contribution in [0.1, 0.15) is 5.69 Å². The van der Waals surface area contributed by atoms with Gasteiger partial charge in [-0.3, -0.25) is 0 Å². The number of hydrogen-bond donors (Lipinski definition) is 0. The summed E-state index contributed by atoms with van der Waals surface area (Å²) < 4.78 is 6.21. The minimum absolute atomic E-state index is 0.747. The molecular weight excluding hydrogens is 392 g/mol. The van der Waals surface area contributed by atoms with Crippen molar-refractivity contribution in [2.45, 2.75) is 6.92 Å². The predicted octanol–water partition coefficient (Wildman–Crippen LogP) is 7.69. The second kappa shape index (κ2) is 7.47. The number of benzene rings is 4. The Labute approximate surface area is 186 Å². The molecule has 2 heterocycles. The summed E-state index contributed by atoms with van der Waals surface area (Å²) in [5.74, 6) is 0.747. The fourth-order valence-electron chi connectivity index (χ4n) is 4.23. The Bertz CT molecular complexity index is 1560. The maximum Gasteiger partial charge on any atom is 0.160 e. The summed E-state index contributed by atoms with van der Waals surface area (Å²) in [5.41, 5.74) is 8.00. The van der Waals surface area contributed by atoms with Gasteiger partial charge in [-0.2, -0.15) is 0 Å². The summed E-state index contributed by atoms with van der Waals surface area (Å²) in [6.07, 6.45) is 0. The summed E-state index contributed by atoms with van der Waals surface area (Å²) in [7, 11) is 0. The average Bonchev–Trinajstić information content (AvgIpc) is 3.23. The van der Waals surface area contributed by atoms with E-state index in [4.69, 9.17) is 9.40 Å². The first kappa shape index (κ1) is 18.5. The van der Waals surface area contributed by atoms with E-state index >= 15 is 0 Å². The third-order valence-corrected chi connectivity index (χ3v) is 5.78. The SMILES string of the molecule is Cc1cc(-c2ccc(-c3cccc4c3oc3ccccc34)cc2)nc(-c2ccccc2)n1. The van der Waals surface area contributed by atoms with Crippen molar-refractivity contribution in [3.63, 3.8) is 0 Å². The highest BCUT2D eigenvalue weighted by atomic mass is 16.3. The molecule has 2 aromatic heterocycles. The van der Waals surface area contributed by atoms with Crippen LogP contribution in [0.4, 0.5) is 0 Å². The van der Waals surface area contributed by atoms with Crippen LogP contribution in [0, 0.1) is 6.92 Å². The molecule has 152 valence electrons. The van der Waals surface area contributed by atoms with Gasteiger partial charge in [0.15, 0.2) is 5.82 Å². The average molecular weight is 412 g/mol. The topological polar surface area (TPSA) is 38.9 Å². The van der Waals surface area contributed by atoms with E-state index in [1.54, 1.807) is 0 Å². The molecule has 0 radical (unpaired) electrons. The number of fused-ring (bicyclic) bond motifs is 3. The summed E-state index contributed by atoms with van der Waals surface area (Å²) in [6, 6.07) is 35.1. The number of furan rings is 1. The van der Waals surface area contributed by atoms with Crippen molar-refractivity contribution in [3.05, 3.63) is 109 Å². The molecule has 0 aliphatic rings. The molecule has 0 aliphatic heterocycles. The van der Waals surface area contributed by atoms with Gasteiger partial charge >= 0.3 is 0 Å². The maximum atomic E-state index is 6.21. The van der Waals surface area contributed by atoms with Crippen LogP contribution in [0.25, 0.3) is 55.7 Å². The van der Waals surface area contributed by atoms with E-state index in [0.717, 1.165) is 61.4 Å². The van der Waals surface area contributed by atoms with Gasteiger partial charge in [0.05, 0.1) is 5.69 Å². The molecule has 3 heteroatoms. The van der Waals surface area contributed by atoms with Crippen LogP contribution in [0.5, 0.6) is 0 Å². The van der Waals surface area contributed by atoms with Gasteiger partial charge in [-0.25, -0.2) is 9.97 Å². The van der Waals surface area contributed by atoms with Gasteiger partial charge in [0.2, 0.25) is 0 Å². The minimum atomic E-state index is 0.747. The first-order chi connectivity index (χ1) is 15.8. The molecule has 0 saturated carbocycles. The Morgan fingerprint density at radius 2 is 1.31 bits per heavy atom. The van der Waals surface area contributed by atoms with Crippen LogP contribution in [0.2, 0.25) is 0 Å². The molecule has 32 heavy (non-hydrogen) atoms. The second-order valence-corrected chi connectivity index (χ2v) is 7.94. The van der Waals surface area contributed by atoms with Crippen molar-refractivity contribution in [1.82, 2.24) is 9.97 Å². The highest BCUT2D eigenvalue weighted by molar-refractivity contribution is 6.09. The number of nitrogens with zero attached hydrogens (tertiary/aromatic N) is 2. The van der Waals surface area contributed by atoms with Crippen molar-refractivity contribution in [1.29, 1.82) is 0 Å². The van der Waals surface area contributed by atoms with E-state index in [1.165, 1.54) is 0 Å². The quantitative estimate of drug-likeness (QED) is 0.299. The summed E-state index contributed by atoms with van der Waals surface area (Å²) in [5, 5.41) is 2.28. The lowest BCUT2D eigenvalue weighted by Gasteiger charge is -2.08. The Balaban J connectivity index is 1.42. The molecule has 3 nitrogen and oxygen atoms in total. The van der Waals surface area contributed by atoms with Crippen LogP contribution in [0.15, 0.2) is 108 Å². The summed E-state index contributed by atoms with van der Waals surface area (Å²) >= 11 is 0. The molecular formula is C29H20N2O. The van der Waals surface area contributed by atoms with Crippen molar-refractivity contribution >= 4 is 21.9 Å². The maximum absolute atomic E-state index is 6.21. The highest BCUT2D eigenvalue weighted by Gasteiger charge is 2.12. The van der Waals surface area contributed by atoms with Gasteiger partial charge in [0, 0.05) is 33.2 Å². The number of hydrogen-bond acceptors (Lipinski definition) is 3. The summed E-state index contributed by atoms with van der Waals surface area (Å²) in [4.78, 5) is 9.45. The molecule has 6 rings (SSSR count). The first-order valence-corrected chi connectivity index (χ1v) is 10.7. The highest BCUT2D eigenvalue weighted by Crippen LogP contribution is 2.36. The molecule has 0 fully saturated rings. The fraction of sp³-hybridized carbons (Fsp3) is 0.0345. The smallest absolute Gasteiger partial charge is 0.160 e. The monoisotopic (exact) mass is 412 g/mol. The largest absolute Gasteiger partial charge is 0.455 e. The third-order valence-electron chi connectivity index (χ3n) is 5.78. The lowest BCUT2D eigenvalue weighted by molar-refractivity contribution is 0.670. The molecule has 0 spiro atoms. The zero-order valence-corrected chi connectivity index (χ0v) is 17.6. The Morgan fingerprint density at radius 3 is 2.16 bits per heavy atom. The van der Waals surface area contributed by atoms with Gasteiger partial charge in [-0.1, -0.05) is 91.0 Å². The van der Waals surface area contributed by atoms with Crippen LogP contribution < -0.4 is 0 Å². The molecule has 0 N–H and O–H groups in total. The van der Waals surface area contributed by atoms with Crippen LogP contribution in [-0.4, -0.2) is 9.97 Å². The Morgan fingerprint density at radius 1 is 0.594 bits per heavy atom. The van der Waals surface area contributed by atoms with Gasteiger partial charge < -0.3 is 4.42 Å². The molecule has 0 saturated heterocycles. The van der Waals surface area contributed by atoms with E-state index < -0.39 is 0 Å². The molecule has 0 unspecified atom stereocenters. The van der Waals surface area contributed by atoms with Crippen LogP contribution >= 0.6 is 0 Å². The van der Waals surface area contributed by atoms with Gasteiger partial charge in [0.25, 0.3) is 0 Å². The third kappa shape index (κ3) is 3.15. The molecule has 0 aliphatic carbocycles. The number of aromatic nitrogens is 2. The van der Waals surface area contributed by atoms with Crippen LogP contribution in [0.3, 0.4) is 0 Å². The first-order valence-electron chi connectivity index (χ1n) is 10.7. The zero-order valence-electron chi connectivity index (χ0n) is 17.6. The second-order valence-electron chi connectivity index (χ2n) is 7.94. The molecule has 6 aromatic rings. The minimum Gasteiger partial charge on any atom is -0.455 e. The van der Waals surface area contributed by atoms with Crippen molar-refractivity contribution in [2.75, 3.05) is 0 Å². The number of rotatable bonds is 3. The van der Waals surface area contributed by atoms with Gasteiger partial charge in [-0.15, -0.1) is 0 Å². The Hall–Kier alpha value is -4.24. The zero-order chi connectivity index (χ0) is 21.5. The van der Waals surface area contributed by atoms with Gasteiger partial charge in [-0.05, 0) is 24.6 Å². The standard InChI is InChI=1S/C29H20N2O/c1-19-18-26(31-29(30-19)22-8-3-2-4-9-22)21-16-14-20(15-17-21)23-11-7-12-25-24-10-5-6-13-27(24)32-28(23)25/h2-18H,1H3. The van der Waals surface area contributed by atoms with E-state index in [-0.39, 0.29) is 0 Å². The lowest BCUT2D eigenvalue weighted by atomic mass is 10.00. The van der Waals surface area contributed by atoms with Crippen molar-refractivity contribution in [3.8, 4) is 33.8 Å². The lowest BCUT2D eigenvalue weighted by Crippen LogP contribution is -1.95. The molecule has 0 bridgehead atoms. The van der Waals surface area contributed by atoms with E-state index in [9.17, 15) is 0 Å². The van der Waals surface area contributed by atoms with Crippen molar-refractivity contribution in [2.24, 2.45) is 0 Å².